The van der Waals surface area contributed by atoms with Gasteiger partial charge in [0.25, 0.3) is 11.8 Å². The predicted molar refractivity (Wildman–Crippen MR) is 75.5 cm³/mol. The predicted octanol–water partition coefficient (Wildman–Crippen LogP) is 0.0322. The van der Waals surface area contributed by atoms with Gasteiger partial charge in [-0.3, -0.25) is 19.3 Å². The summed E-state index contributed by atoms with van der Waals surface area (Å²) in [7, 11) is 0. The topological polar surface area (TPSA) is 193 Å². The zero-order chi connectivity index (χ0) is 17.7. The average molecular weight is 329 g/mol. The van der Waals surface area contributed by atoms with Gasteiger partial charge in [-0.05, 0) is 19.3 Å². The largest absolute Gasteiger partial charge is 0.305 e. The fourth-order valence-electron chi connectivity index (χ4n) is 1.78. The van der Waals surface area contributed by atoms with Gasteiger partial charge in [0.05, 0.1) is 25.7 Å². The molecule has 0 radical (unpaired) electrons. The smallest absolute Gasteiger partial charge is 0.303 e. The van der Waals surface area contributed by atoms with E-state index >= 15 is 0 Å². The number of amides is 3. The molecule has 13 nitrogen and oxygen atoms in total. The third kappa shape index (κ3) is 8.25. The van der Waals surface area contributed by atoms with E-state index in [0.717, 1.165) is 4.90 Å². The first-order valence-corrected chi connectivity index (χ1v) is 6.40. The van der Waals surface area contributed by atoms with E-state index in [2.05, 4.69) is 25.9 Å². The van der Waals surface area contributed by atoms with Crippen molar-refractivity contribution in [3.8, 4) is 0 Å². The highest BCUT2D eigenvalue weighted by Crippen LogP contribution is 2.12. The number of nitroso groups, excluding NO2 is 3. The minimum absolute atomic E-state index is 0.0307. The van der Waals surface area contributed by atoms with Gasteiger partial charge in [0.1, 0.15) is 0 Å². The normalized spacial score (nSPS) is 12.0. The molecule has 0 aromatic carbocycles. The lowest BCUT2D eigenvalue weighted by Gasteiger charge is -2.25. The Morgan fingerprint density at radius 1 is 0.913 bits per heavy atom. The number of unbranched alkanes of at least 4 members (excludes halogenated alkanes) is 1. The van der Waals surface area contributed by atoms with E-state index in [1.54, 1.807) is 0 Å². The average Bonchev–Trinajstić information content (AvgIpc) is 2.56. The molecule has 0 aliphatic heterocycles. The Balaban J connectivity index is 5.03. The van der Waals surface area contributed by atoms with E-state index in [0.29, 0.717) is 12.8 Å². The van der Waals surface area contributed by atoms with Crippen LogP contribution in [0.2, 0.25) is 0 Å². The van der Waals surface area contributed by atoms with Crippen LogP contribution in [0.15, 0.2) is 25.9 Å². The molecule has 2 N–H and O–H groups in total. The van der Waals surface area contributed by atoms with Crippen molar-refractivity contribution in [3.05, 3.63) is 14.7 Å². The number of nitrogens with two attached hydrogens (primary N) is 1. The van der Waals surface area contributed by atoms with Crippen LogP contribution in [-0.2, 0) is 14.4 Å². The third-order valence-corrected chi connectivity index (χ3v) is 2.76. The molecule has 0 spiro atoms. The molecular formula is C10H15N7O6. The van der Waals surface area contributed by atoms with Crippen LogP contribution >= 0.6 is 0 Å². The van der Waals surface area contributed by atoms with Crippen molar-refractivity contribution in [3.63, 3.8) is 0 Å². The first kappa shape index (κ1) is 20.2. The monoisotopic (exact) mass is 329 g/mol. The number of carbonyl (C=O) groups is 3. The van der Waals surface area contributed by atoms with E-state index in [9.17, 15) is 29.1 Å². The van der Waals surface area contributed by atoms with Crippen molar-refractivity contribution < 1.29 is 14.4 Å². The standard InChI is InChI=1S/C10H15N7O6/c11-16-12-4-2-1-3-7(10(20)15-23)17(5-8(18)13-21)6-9(19)14-22/h7H,1-6H2,(H2,11,12). The summed E-state index contributed by atoms with van der Waals surface area (Å²) in [4.78, 5) is 65.6. The summed E-state index contributed by atoms with van der Waals surface area (Å²) in [6.07, 6.45) is 0.840. The Hall–Kier alpha value is -2.83. The van der Waals surface area contributed by atoms with Crippen LogP contribution < -0.4 is 5.84 Å². The zero-order valence-electron chi connectivity index (χ0n) is 12.0. The fraction of sp³-hybridized carbons (Fsp3) is 0.700. The Morgan fingerprint density at radius 3 is 1.91 bits per heavy atom. The lowest BCUT2D eigenvalue weighted by Crippen LogP contribution is -2.45. The van der Waals surface area contributed by atoms with Gasteiger partial charge >= 0.3 is 5.91 Å². The third-order valence-electron chi connectivity index (χ3n) is 2.76. The molecule has 0 saturated carbocycles. The van der Waals surface area contributed by atoms with Gasteiger partial charge < -0.3 is 5.84 Å². The van der Waals surface area contributed by atoms with Crippen molar-refractivity contribution in [2.75, 3.05) is 19.6 Å². The molecule has 0 rings (SSSR count). The highest BCUT2D eigenvalue weighted by atomic mass is 16.3. The summed E-state index contributed by atoms with van der Waals surface area (Å²) in [5, 5.41) is 13.1. The lowest BCUT2D eigenvalue weighted by molar-refractivity contribution is -0.128. The second-order valence-electron chi connectivity index (χ2n) is 4.30. The van der Waals surface area contributed by atoms with Crippen LogP contribution in [0.4, 0.5) is 0 Å². The molecule has 13 heteroatoms. The Kier molecular flexibility index (Phi) is 10.3. The van der Waals surface area contributed by atoms with Crippen LogP contribution in [0.3, 0.4) is 0 Å². The van der Waals surface area contributed by atoms with E-state index in [4.69, 9.17) is 5.84 Å². The van der Waals surface area contributed by atoms with Gasteiger partial charge in [0, 0.05) is 15.5 Å². The number of rotatable bonds is 11. The van der Waals surface area contributed by atoms with Crippen molar-refractivity contribution >= 4 is 17.7 Å². The molecule has 0 aromatic rings. The fourth-order valence-corrected chi connectivity index (χ4v) is 1.78. The second-order valence-corrected chi connectivity index (χ2v) is 4.30. The highest BCUT2D eigenvalue weighted by Gasteiger charge is 2.30. The molecule has 0 aliphatic carbocycles. The summed E-state index contributed by atoms with van der Waals surface area (Å²) in [5.41, 5.74) is 0. The molecular weight excluding hydrogens is 314 g/mol. The number of hydrogen-bond acceptors (Lipinski definition) is 9. The molecule has 1 atom stereocenters. The van der Waals surface area contributed by atoms with Crippen LogP contribution in [0, 0.1) is 14.7 Å². The van der Waals surface area contributed by atoms with E-state index in [1.807, 2.05) is 0 Å². The van der Waals surface area contributed by atoms with E-state index in [1.165, 1.54) is 0 Å². The molecule has 23 heavy (non-hydrogen) atoms. The zero-order valence-corrected chi connectivity index (χ0v) is 12.0. The molecule has 0 bridgehead atoms. The summed E-state index contributed by atoms with van der Waals surface area (Å²) in [6.45, 7) is -1.17. The van der Waals surface area contributed by atoms with Crippen LogP contribution in [0.1, 0.15) is 19.3 Å². The van der Waals surface area contributed by atoms with Gasteiger partial charge in [0.2, 0.25) is 0 Å². The minimum Gasteiger partial charge on any atom is -0.305 e. The van der Waals surface area contributed by atoms with Crippen molar-refractivity contribution in [2.24, 2.45) is 31.7 Å². The van der Waals surface area contributed by atoms with Gasteiger partial charge in [-0.25, -0.2) is 0 Å². The SMILES string of the molecule is NN=NCCCCC(C(=O)N=O)N(CC(=O)N=O)CC(=O)N=O. The molecule has 0 aromatic heterocycles. The summed E-state index contributed by atoms with van der Waals surface area (Å²) in [5.74, 6) is 1.31. The van der Waals surface area contributed by atoms with Crippen molar-refractivity contribution in [1.82, 2.24) is 4.90 Å². The first-order chi connectivity index (χ1) is 11.0. The molecule has 3 amide bonds. The summed E-state index contributed by atoms with van der Waals surface area (Å²) < 4.78 is 0. The molecule has 126 valence electrons. The van der Waals surface area contributed by atoms with Gasteiger partial charge in [0.15, 0.2) is 0 Å². The molecule has 0 saturated heterocycles. The number of hydrogen-bond donors (Lipinski definition) is 1. The lowest BCUT2D eigenvalue weighted by atomic mass is 10.1. The summed E-state index contributed by atoms with van der Waals surface area (Å²) >= 11 is 0. The maximum atomic E-state index is 11.6. The van der Waals surface area contributed by atoms with E-state index in [-0.39, 0.29) is 13.0 Å². The second kappa shape index (κ2) is 11.8. The van der Waals surface area contributed by atoms with Crippen molar-refractivity contribution in [2.45, 2.75) is 25.3 Å². The maximum Gasteiger partial charge on any atom is 0.303 e. The van der Waals surface area contributed by atoms with Gasteiger partial charge in [-0.15, -0.1) is 14.7 Å². The highest BCUT2D eigenvalue weighted by molar-refractivity contribution is 5.86. The minimum atomic E-state index is -1.27. The quantitative estimate of drug-likeness (QED) is 0.180. The van der Waals surface area contributed by atoms with Gasteiger partial charge in [-0.1, -0.05) is 5.22 Å². The Labute approximate surface area is 129 Å². The number of carbonyl (C=O) groups excluding carboxylic acids is 3. The van der Waals surface area contributed by atoms with Crippen LogP contribution in [0.5, 0.6) is 0 Å². The van der Waals surface area contributed by atoms with Crippen LogP contribution in [0.25, 0.3) is 0 Å². The van der Waals surface area contributed by atoms with E-state index < -0.39 is 36.9 Å². The molecule has 0 aliphatic rings. The maximum absolute atomic E-state index is 11.6. The molecule has 0 fully saturated rings. The summed E-state index contributed by atoms with van der Waals surface area (Å²) in [6, 6.07) is -1.27. The molecule has 1 unspecified atom stereocenters. The van der Waals surface area contributed by atoms with Crippen molar-refractivity contribution in [1.29, 1.82) is 0 Å². The Morgan fingerprint density at radius 2 is 1.48 bits per heavy atom. The number of nitrogens with zero attached hydrogens (tertiary/aromatic N) is 6. The molecule has 0 heterocycles. The van der Waals surface area contributed by atoms with Crippen LogP contribution in [-0.4, -0.2) is 48.3 Å². The van der Waals surface area contributed by atoms with Gasteiger partial charge in [-0.2, -0.15) is 5.11 Å². The Bertz CT molecular complexity index is 472. The first-order valence-electron chi connectivity index (χ1n) is 6.40.